The van der Waals surface area contributed by atoms with Crippen LogP contribution in [0.2, 0.25) is 0 Å². The third kappa shape index (κ3) is 9.40. The van der Waals surface area contributed by atoms with Crippen molar-refractivity contribution in [2.75, 3.05) is 13.9 Å². The number of unbranched alkanes of at least 4 members (excludes halogenated alkanes) is 2. The van der Waals surface area contributed by atoms with E-state index in [4.69, 9.17) is 18.9 Å². The van der Waals surface area contributed by atoms with Crippen molar-refractivity contribution in [2.24, 2.45) is 4.99 Å². The van der Waals surface area contributed by atoms with Crippen molar-refractivity contribution in [1.29, 1.82) is 0 Å². The van der Waals surface area contributed by atoms with E-state index in [2.05, 4.69) is 17.2 Å². The standard InChI is InChI=1S/C21H39N3O7/c1-9-10-11-12-14(29-13-28-8)15-16(25)24(19(27)31-21(5,6)7)17(22-15)23-18(26)30-20(2,3)4/h14-16,25H,9-13H2,1-8H3,(H,22,23,26)/t14-,15-,16?/m0/s1. The molecule has 1 rings (SSSR count). The van der Waals surface area contributed by atoms with Gasteiger partial charge in [0.1, 0.15) is 24.0 Å². The Kier molecular flexibility index (Phi) is 10.2. The SMILES string of the molecule is CCCCC[C@H](OCOC)[C@@H]1N=C(NC(=O)OC(C)(C)C)N(C(=O)OC(C)(C)C)C1O. The number of nitrogens with one attached hydrogen (secondary N) is 1. The first-order valence-electron chi connectivity index (χ1n) is 10.7. The van der Waals surface area contributed by atoms with Crippen LogP contribution in [-0.2, 0) is 18.9 Å². The van der Waals surface area contributed by atoms with Gasteiger partial charge in [0.05, 0.1) is 6.10 Å². The normalized spacial score (nSPS) is 20.3. The molecule has 180 valence electrons. The van der Waals surface area contributed by atoms with Gasteiger partial charge >= 0.3 is 12.2 Å². The summed E-state index contributed by atoms with van der Waals surface area (Å²) in [6, 6.07) is -0.829. The van der Waals surface area contributed by atoms with Crippen LogP contribution in [0.5, 0.6) is 0 Å². The van der Waals surface area contributed by atoms with Crippen LogP contribution >= 0.6 is 0 Å². The molecule has 1 heterocycles. The topological polar surface area (TPSA) is 119 Å². The summed E-state index contributed by atoms with van der Waals surface area (Å²) < 4.78 is 21.4. The van der Waals surface area contributed by atoms with Crippen LogP contribution in [0, 0.1) is 0 Å². The van der Waals surface area contributed by atoms with Gasteiger partial charge in [0.2, 0.25) is 5.96 Å². The first-order chi connectivity index (χ1) is 14.3. The summed E-state index contributed by atoms with van der Waals surface area (Å²) in [4.78, 5) is 30.4. The summed E-state index contributed by atoms with van der Waals surface area (Å²) in [5, 5.41) is 13.4. The van der Waals surface area contributed by atoms with E-state index in [1.807, 2.05) is 0 Å². The van der Waals surface area contributed by atoms with Crippen molar-refractivity contribution in [1.82, 2.24) is 10.2 Å². The fourth-order valence-corrected chi connectivity index (χ4v) is 2.92. The minimum atomic E-state index is -1.39. The first-order valence-corrected chi connectivity index (χ1v) is 10.7. The molecule has 0 aromatic carbocycles. The minimum Gasteiger partial charge on any atom is -0.444 e. The van der Waals surface area contributed by atoms with E-state index in [1.165, 1.54) is 7.11 Å². The molecule has 10 nitrogen and oxygen atoms in total. The predicted octanol–water partition coefficient (Wildman–Crippen LogP) is 3.37. The molecule has 0 spiro atoms. The molecule has 3 atom stereocenters. The lowest BCUT2D eigenvalue weighted by Crippen LogP contribution is -2.53. The van der Waals surface area contributed by atoms with Gasteiger partial charge in [-0.15, -0.1) is 0 Å². The van der Waals surface area contributed by atoms with E-state index in [0.717, 1.165) is 24.2 Å². The van der Waals surface area contributed by atoms with Crippen molar-refractivity contribution < 1.29 is 33.6 Å². The zero-order valence-electron chi connectivity index (χ0n) is 20.1. The molecule has 0 radical (unpaired) electrons. The highest BCUT2D eigenvalue weighted by Crippen LogP contribution is 2.25. The van der Waals surface area contributed by atoms with Gasteiger partial charge in [-0.1, -0.05) is 26.2 Å². The number of aliphatic imine (C=N–C) groups is 1. The number of guanidine groups is 1. The summed E-state index contributed by atoms with van der Waals surface area (Å²) >= 11 is 0. The first kappa shape index (κ1) is 27.1. The zero-order valence-corrected chi connectivity index (χ0v) is 20.1. The number of hydrogen-bond acceptors (Lipinski definition) is 8. The number of hydrogen-bond donors (Lipinski definition) is 2. The van der Waals surface area contributed by atoms with Gasteiger partial charge in [0.15, 0.2) is 6.23 Å². The van der Waals surface area contributed by atoms with Crippen LogP contribution in [0.3, 0.4) is 0 Å². The van der Waals surface area contributed by atoms with Gasteiger partial charge < -0.3 is 24.1 Å². The monoisotopic (exact) mass is 445 g/mol. The highest BCUT2D eigenvalue weighted by atomic mass is 16.7. The Morgan fingerprint density at radius 2 is 1.74 bits per heavy atom. The Bertz CT molecular complexity index is 625. The molecule has 31 heavy (non-hydrogen) atoms. The summed E-state index contributed by atoms with van der Waals surface area (Å²) in [5.74, 6) is -0.150. The third-order valence-corrected chi connectivity index (χ3v) is 4.15. The molecule has 0 saturated carbocycles. The molecule has 0 bridgehead atoms. The Morgan fingerprint density at radius 1 is 1.13 bits per heavy atom. The maximum absolute atomic E-state index is 12.8. The Labute approximate surface area is 185 Å². The van der Waals surface area contributed by atoms with Gasteiger partial charge in [0.25, 0.3) is 0 Å². The van der Waals surface area contributed by atoms with Crippen molar-refractivity contribution >= 4 is 18.1 Å². The van der Waals surface area contributed by atoms with Gasteiger partial charge in [-0.25, -0.2) is 19.5 Å². The number of carbonyl (C=O) groups is 2. The number of aliphatic hydroxyl groups excluding tert-OH is 1. The van der Waals surface area contributed by atoms with Gasteiger partial charge in [-0.3, -0.25) is 5.32 Å². The number of alkyl carbamates (subject to hydrolysis) is 1. The molecule has 2 amide bonds. The average Bonchev–Trinajstić information content (AvgIpc) is 2.90. The van der Waals surface area contributed by atoms with E-state index < -0.39 is 41.8 Å². The molecular formula is C21H39N3O7. The molecular weight excluding hydrogens is 406 g/mol. The maximum Gasteiger partial charge on any atom is 0.419 e. The van der Waals surface area contributed by atoms with Crippen molar-refractivity contribution in [3.63, 3.8) is 0 Å². The van der Waals surface area contributed by atoms with Crippen LogP contribution in [0.15, 0.2) is 4.99 Å². The number of carbonyl (C=O) groups excluding carboxylic acids is 2. The van der Waals surface area contributed by atoms with Gasteiger partial charge in [-0.2, -0.15) is 0 Å². The lowest BCUT2D eigenvalue weighted by Gasteiger charge is -2.30. The number of ether oxygens (including phenoxy) is 4. The molecule has 0 aromatic heterocycles. The quantitative estimate of drug-likeness (QED) is 0.434. The minimum absolute atomic E-state index is 0.0107. The number of aliphatic hydroxyl groups is 1. The van der Waals surface area contributed by atoms with E-state index in [0.29, 0.717) is 6.42 Å². The van der Waals surface area contributed by atoms with Crippen LogP contribution in [0.25, 0.3) is 0 Å². The molecule has 0 saturated heterocycles. The van der Waals surface area contributed by atoms with E-state index in [1.54, 1.807) is 41.5 Å². The summed E-state index contributed by atoms with van der Waals surface area (Å²) in [5.41, 5.74) is -1.55. The second-order valence-corrected chi connectivity index (χ2v) is 9.44. The fraction of sp³-hybridized carbons (Fsp3) is 0.857. The van der Waals surface area contributed by atoms with Crippen molar-refractivity contribution in [3.05, 3.63) is 0 Å². The second kappa shape index (κ2) is 11.6. The van der Waals surface area contributed by atoms with Crippen LogP contribution in [0.1, 0.15) is 74.1 Å². The lowest BCUT2D eigenvalue weighted by molar-refractivity contribution is -0.102. The summed E-state index contributed by atoms with van der Waals surface area (Å²) in [7, 11) is 1.50. The number of amides is 2. The maximum atomic E-state index is 12.8. The van der Waals surface area contributed by atoms with Crippen molar-refractivity contribution in [3.8, 4) is 0 Å². The molecule has 1 aliphatic rings. The Morgan fingerprint density at radius 3 is 2.26 bits per heavy atom. The van der Waals surface area contributed by atoms with Crippen LogP contribution in [0.4, 0.5) is 9.59 Å². The highest BCUT2D eigenvalue weighted by molar-refractivity contribution is 6.02. The Hall–Kier alpha value is -1.91. The van der Waals surface area contributed by atoms with Crippen LogP contribution in [-0.4, -0.2) is 71.6 Å². The molecule has 0 aromatic rings. The van der Waals surface area contributed by atoms with E-state index >= 15 is 0 Å². The van der Waals surface area contributed by atoms with E-state index in [-0.39, 0.29) is 12.8 Å². The average molecular weight is 446 g/mol. The molecule has 2 N–H and O–H groups in total. The van der Waals surface area contributed by atoms with Gasteiger partial charge in [-0.05, 0) is 48.0 Å². The van der Waals surface area contributed by atoms with E-state index in [9.17, 15) is 14.7 Å². The molecule has 10 heteroatoms. The summed E-state index contributed by atoms with van der Waals surface area (Å²) in [6.45, 7) is 12.4. The predicted molar refractivity (Wildman–Crippen MR) is 116 cm³/mol. The second-order valence-electron chi connectivity index (χ2n) is 9.44. The third-order valence-electron chi connectivity index (χ3n) is 4.15. The Balaban J connectivity index is 3.15. The number of methoxy groups -OCH3 is 1. The van der Waals surface area contributed by atoms with Crippen molar-refractivity contribution in [2.45, 2.75) is 104 Å². The zero-order chi connectivity index (χ0) is 23.8. The molecule has 1 unspecified atom stereocenters. The molecule has 0 fully saturated rings. The number of rotatable bonds is 8. The lowest BCUT2D eigenvalue weighted by atomic mass is 10.0. The summed E-state index contributed by atoms with van der Waals surface area (Å²) in [6.07, 6.45) is -0.0898. The largest absolute Gasteiger partial charge is 0.444 e. The molecule has 1 aliphatic heterocycles. The number of nitrogens with zero attached hydrogens (tertiary/aromatic N) is 2. The highest BCUT2D eigenvalue weighted by Gasteiger charge is 2.45. The van der Waals surface area contributed by atoms with Crippen LogP contribution < -0.4 is 5.32 Å². The smallest absolute Gasteiger partial charge is 0.419 e. The fourth-order valence-electron chi connectivity index (χ4n) is 2.92. The van der Waals surface area contributed by atoms with Gasteiger partial charge in [0, 0.05) is 7.11 Å². The molecule has 0 aliphatic carbocycles.